The average Bonchev–Trinajstić information content (AvgIpc) is 2.34. The van der Waals surface area contributed by atoms with E-state index < -0.39 is 0 Å². The largest absolute Gasteiger partial charge is 0.389 e. The molecule has 1 N–H and O–H groups in total. The summed E-state index contributed by atoms with van der Waals surface area (Å²) in [6, 6.07) is 7.53. The van der Waals surface area contributed by atoms with Gasteiger partial charge in [-0.15, -0.1) is 0 Å². The molecule has 5 heteroatoms. The number of likely N-dealkylation sites (tertiary alicyclic amines) is 1. The van der Waals surface area contributed by atoms with Crippen LogP contribution in [-0.4, -0.2) is 40.1 Å². The summed E-state index contributed by atoms with van der Waals surface area (Å²) in [5, 5.41) is 10.2. The van der Waals surface area contributed by atoms with E-state index in [4.69, 9.17) is 0 Å². The number of aromatic nitrogens is 1. The van der Waals surface area contributed by atoms with Crippen LogP contribution in [0.15, 0.2) is 28.7 Å². The van der Waals surface area contributed by atoms with E-state index in [2.05, 4.69) is 20.9 Å². The Morgan fingerprint density at radius 2 is 2.16 bits per heavy atom. The van der Waals surface area contributed by atoms with Gasteiger partial charge in [-0.2, -0.15) is 0 Å². The van der Waals surface area contributed by atoms with Crippen LogP contribution < -0.4 is 0 Å². The molecule has 0 spiro atoms. The maximum atomic E-state index is 12.4. The van der Waals surface area contributed by atoms with Crippen LogP contribution in [0.25, 0.3) is 10.9 Å². The number of β-amino-alcohol motifs (C(OH)–C–C–N with tert-alkyl or cyclic N) is 1. The first-order chi connectivity index (χ1) is 9.04. The number of hydrogen-bond acceptors (Lipinski definition) is 3. The van der Waals surface area contributed by atoms with Crippen molar-refractivity contribution in [2.75, 3.05) is 13.1 Å². The van der Waals surface area contributed by atoms with E-state index in [1.165, 1.54) is 0 Å². The van der Waals surface area contributed by atoms with E-state index in [9.17, 15) is 9.90 Å². The number of pyridine rings is 1. The molecule has 0 atom stereocenters. The summed E-state index contributed by atoms with van der Waals surface area (Å²) in [5.74, 6) is -0.0427. The van der Waals surface area contributed by atoms with Crippen molar-refractivity contribution in [1.82, 2.24) is 9.88 Å². The zero-order chi connectivity index (χ0) is 13.6. The lowest BCUT2D eigenvalue weighted by molar-refractivity contribution is 0.00602. The van der Waals surface area contributed by atoms with Crippen molar-refractivity contribution >= 4 is 32.7 Å². The van der Waals surface area contributed by atoms with Crippen LogP contribution in [0.3, 0.4) is 0 Å². The highest BCUT2D eigenvalue weighted by atomic mass is 79.9. The predicted molar refractivity (Wildman–Crippen MR) is 76.1 cm³/mol. The monoisotopic (exact) mass is 320 g/mol. The van der Waals surface area contributed by atoms with Crippen LogP contribution in [0.4, 0.5) is 0 Å². The number of hydrogen-bond donors (Lipinski definition) is 1. The highest BCUT2D eigenvalue weighted by Crippen LogP contribution is 2.25. The van der Waals surface area contributed by atoms with Gasteiger partial charge in [0.25, 0.3) is 5.91 Å². The van der Waals surface area contributed by atoms with Crippen molar-refractivity contribution in [2.24, 2.45) is 0 Å². The van der Waals surface area contributed by atoms with E-state index in [1.54, 1.807) is 4.90 Å². The summed E-state index contributed by atoms with van der Waals surface area (Å²) < 4.78 is 0.920. The van der Waals surface area contributed by atoms with Gasteiger partial charge in [0, 0.05) is 28.6 Å². The molecule has 1 aromatic carbocycles. The number of aliphatic hydroxyl groups excluding tert-OH is 1. The summed E-state index contributed by atoms with van der Waals surface area (Å²) in [7, 11) is 0. The number of halogens is 1. The second-order valence-corrected chi connectivity index (χ2v) is 5.75. The summed E-state index contributed by atoms with van der Waals surface area (Å²) >= 11 is 3.42. The van der Waals surface area contributed by atoms with Gasteiger partial charge in [-0.25, -0.2) is 0 Å². The number of aryl methyl sites for hydroxylation is 1. The quantitative estimate of drug-likeness (QED) is 0.875. The Kier molecular flexibility index (Phi) is 3.03. The molecule has 1 amide bonds. The number of carbonyl (C=O) groups excluding carboxylic acids is 1. The minimum atomic E-state index is -0.384. The lowest BCUT2D eigenvalue weighted by Crippen LogP contribution is -2.53. The molecule has 0 bridgehead atoms. The zero-order valence-electron chi connectivity index (χ0n) is 10.4. The standard InChI is InChI=1S/C14H13BrN2O2/c1-8-4-12(14(19)17-6-10(18)7-17)11-5-9(15)2-3-13(11)16-8/h2-5,10,18H,6-7H2,1H3. The SMILES string of the molecule is Cc1cc(C(=O)N2CC(O)C2)c2cc(Br)ccc2n1. The summed E-state index contributed by atoms with van der Waals surface area (Å²) in [4.78, 5) is 18.5. The molecule has 1 saturated heterocycles. The number of rotatable bonds is 1. The molecule has 3 rings (SSSR count). The van der Waals surface area contributed by atoms with Gasteiger partial charge in [-0.1, -0.05) is 15.9 Å². The van der Waals surface area contributed by atoms with Crippen LogP contribution in [0, 0.1) is 6.92 Å². The van der Waals surface area contributed by atoms with E-state index in [0.717, 1.165) is 21.1 Å². The van der Waals surface area contributed by atoms with Crippen LogP contribution in [-0.2, 0) is 0 Å². The molecule has 2 aromatic rings. The third-order valence-corrected chi connectivity index (χ3v) is 3.77. The number of nitrogens with zero attached hydrogens (tertiary/aromatic N) is 2. The smallest absolute Gasteiger partial charge is 0.254 e. The third-order valence-electron chi connectivity index (χ3n) is 3.28. The number of benzene rings is 1. The lowest BCUT2D eigenvalue weighted by atomic mass is 10.0. The van der Waals surface area contributed by atoms with Gasteiger partial charge in [0.2, 0.25) is 0 Å². The number of carbonyl (C=O) groups is 1. The maximum Gasteiger partial charge on any atom is 0.254 e. The molecule has 2 heterocycles. The Bertz CT molecular complexity index is 666. The third kappa shape index (κ3) is 2.24. The predicted octanol–water partition coefficient (Wildman–Crippen LogP) is 2.12. The average molecular weight is 321 g/mol. The molecule has 0 radical (unpaired) electrons. The Hall–Kier alpha value is -1.46. The van der Waals surface area contributed by atoms with Gasteiger partial charge in [0.05, 0.1) is 17.2 Å². The maximum absolute atomic E-state index is 12.4. The molecule has 0 saturated carbocycles. The molecule has 0 unspecified atom stereocenters. The second-order valence-electron chi connectivity index (χ2n) is 4.84. The molecule has 1 fully saturated rings. The van der Waals surface area contributed by atoms with Gasteiger partial charge in [0.1, 0.15) is 0 Å². The first kappa shape index (κ1) is 12.6. The Balaban J connectivity index is 2.11. The van der Waals surface area contributed by atoms with Crippen molar-refractivity contribution in [3.05, 3.63) is 40.0 Å². The molecular formula is C14H13BrN2O2. The van der Waals surface area contributed by atoms with Gasteiger partial charge in [-0.05, 0) is 31.2 Å². The van der Waals surface area contributed by atoms with Gasteiger partial charge < -0.3 is 10.0 Å². The first-order valence-corrected chi connectivity index (χ1v) is 6.88. The zero-order valence-corrected chi connectivity index (χ0v) is 12.0. The van der Waals surface area contributed by atoms with Crippen molar-refractivity contribution in [2.45, 2.75) is 13.0 Å². The fourth-order valence-corrected chi connectivity index (χ4v) is 2.66. The molecule has 98 valence electrons. The van der Waals surface area contributed by atoms with E-state index in [1.807, 2.05) is 31.2 Å². The minimum absolute atomic E-state index is 0.0427. The molecule has 19 heavy (non-hydrogen) atoms. The fraction of sp³-hybridized carbons (Fsp3) is 0.286. The van der Waals surface area contributed by atoms with Crippen molar-refractivity contribution in [1.29, 1.82) is 0 Å². The van der Waals surface area contributed by atoms with Crippen LogP contribution in [0.2, 0.25) is 0 Å². The lowest BCUT2D eigenvalue weighted by Gasteiger charge is -2.36. The number of aliphatic hydroxyl groups is 1. The van der Waals surface area contributed by atoms with Gasteiger partial charge >= 0.3 is 0 Å². The van der Waals surface area contributed by atoms with Gasteiger partial charge in [-0.3, -0.25) is 9.78 Å². The van der Waals surface area contributed by atoms with Crippen molar-refractivity contribution in [3.63, 3.8) is 0 Å². The molecule has 1 aromatic heterocycles. The molecule has 0 aliphatic carbocycles. The summed E-state index contributed by atoms with van der Waals surface area (Å²) in [6.07, 6.45) is -0.384. The number of amides is 1. The minimum Gasteiger partial charge on any atom is -0.389 e. The van der Waals surface area contributed by atoms with E-state index >= 15 is 0 Å². The molecular weight excluding hydrogens is 308 g/mol. The topological polar surface area (TPSA) is 53.4 Å². The van der Waals surface area contributed by atoms with E-state index in [-0.39, 0.29) is 12.0 Å². The van der Waals surface area contributed by atoms with Crippen molar-refractivity contribution < 1.29 is 9.90 Å². The fourth-order valence-electron chi connectivity index (χ4n) is 2.30. The summed E-state index contributed by atoms with van der Waals surface area (Å²) in [6.45, 7) is 2.70. The Morgan fingerprint density at radius 1 is 1.42 bits per heavy atom. The van der Waals surface area contributed by atoms with Crippen molar-refractivity contribution in [3.8, 4) is 0 Å². The molecule has 1 aliphatic rings. The molecule has 4 nitrogen and oxygen atoms in total. The van der Waals surface area contributed by atoms with E-state index in [0.29, 0.717) is 18.7 Å². The van der Waals surface area contributed by atoms with Gasteiger partial charge in [0.15, 0.2) is 0 Å². The normalized spacial score (nSPS) is 15.6. The Morgan fingerprint density at radius 3 is 2.84 bits per heavy atom. The highest BCUT2D eigenvalue weighted by Gasteiger charge is 2.30. The van der Waals surface area contributed by atoms with Crippen LogP contribution >= 0.6 is 15.9 Å². The second kappa shape index (κ2) is 4.58. The molecule has 1 aliphatic heterocycles. The summed E-state index contributed by atoms with van der Waals surface area (Å²) in [5.41, 5.74) is 2.28. The van der Waals surface area contributed by atoms with Crippen LogP contribution in [0.1, 0.15) is 16.1 Å². The highest BCUT2D eigenvalue weighted by molar-refractivity contribution is 9.10. The number of fused-ring (bicyclic) bond motifs is 1. The van der Waals surface area contributed by atoms with Crippen LogP contribution in [0.5, 0.6) is 0 Å². The first-order valence-electron chi connectivity index (χ1n) is 6.09. The Labute approximate surface area is 119 Å².